The standard InChI is InChI=1S/C19H23NO2S/c1-13-3-6-15(7-4-13)18-10-9-17(23-18)12-20-11-16(19(21)22)8-5-14(20)2/h3-4,6-7,9-10,14,16H,5,8,11-12H2,1-2H3,(H,21,22). The van der Waals surface area contributed by atoms with E-state index in [0.717, 1.165) is 19.4 Å². The van der Waals surface area contributed by atoms with Gasteiger partial charge in [0.05, 0.1) is 5.92 Å². The van der Waals surface area contributed by atoms with Gasteiger partial charge in [0.25, 0.3) is 0 Å². The summed E-state index contributed by atoms with van der Waals surface area (Å²) in [6.07, 6.45) is 1.76. The van der Waals surface area contributed by atoms with Gasteiger partial charge in [0.1, 0.15) is 0 Å². The van der Waals surface area contributed by atoms with Crippen LogP contribution >= 0.6 is 11.3 Å². The molecule has 4 heteroatoms. The lowest BCUT2D eigenvalue weighted by atomic mass is 9.93. The average molecular weight is 329 g/mol. The van der Waals surface area contributed by atoms with Crippen LogP contribution in [0, 0.1) is 12.8 Å². The van der Waals surface area contributed by atoms with Gasteiger partial charge in [0.15, 0.2) is 0 Å². The predicted molar refractivity (Wildman–Crippen MR) is 94.7 cm³/mol. The first-order valence-corrected chi connectivity index (χ1v) is 8.97. The number of hydrogen-bond donors (Lipinski definition) is 1. The van der Waals surface area contributed by atoms with Crippen LogP contribution in [0.1, 0.15) is 30.2 Å². The highest BCUT2D eigenvalue weighted by atomic mass is 32.1. The highest BCUT2D eigenvalue weighted by molar-refractivity contribution is 7.15. The average Bonchev–Trinajstić information content (AvgIpc) is 2.98. The Labute approximate surface area is 141 Å². The Bertz CT molecular complexity index is 677. The number of thiophene rings is 1. The number of carboxylic acid groups (broad SMARTS) is 1. The van der Waals surface area contributed by atoms with Crippen molar-refractivity contribution in [3.63, 3.8) is 0 Å². The number of aliphatic carboxylic acids is 1. The van der Waals surface area contributed by atoms with Gasteiger partial charge in [-0.15, -0.1) is 11.3 Å². The molecule has 3 rings (SSSR count). The minimum atomic E-state index is -0.659. The first-order chi connectivity index (χ1) is 11.0. The molecule has 2 atom stereocenters. The zero-order chi connectivity index (χ0) is 16.4. The maximum absolute atomic E-state index is 11.3. The molecule has 1 N–H and O–H groups in total. The third-order valence-electron chi connectivity index (χ3n) is 4.72. The molecule has 2 aromatic rings. The number of nitrogens with zero attached hydrogens (tertiary/aromatic N) is 1. The summed E-state index contributed by atoms with van der Waals surface area (Å²) >= 11 is 1.81. The van der Waals surface area contributed by atoms with E-state index in [9.17, 15) is 9.90 Å². The highest BCUT2D eigenvalue weighted by Gasteiger charge is 2.29. The molecule has 1 aromatic heterocycles. The molecule has 0 amide bonds. The van der Waals surface area contributed by atoms with Crippen molar-refractivity contribution >= 4 is 17.3 Å². The van der Waals surface area contributed by atoms with E-state index in [1.54, 1.807) is 0 Å². The molecule has 3 nitrogen and oxygen atoms in total. The zero-order valence-corrected chi connectivity index (χ0v) is 14.5. The highest BCUT2D eigenvalue weighted by Crippen LogP contribution is 2.31. The van der Waals surface area contributed by atoms with Gasteiger partial charge in [0, 0.05) is 28.9 Å². The first-order valence-electron chi connectivity index (χ1n) is 8.15. The largest absolute Gasteiger partial charge is 0.481 e. The number of rotatable bonds is 4. The van der Waals surface area contributed by atoms with Crippen molar-refractivity contribution in [3.8, 4) is 10.4 Å². The van der Waals surface area contributed by atoms with E-state index < -0.39 is 5.97 Å². The Morgan fingerprint density at radius 2 is 1.96 bits per heavy atom. The van der Waals surface area contributed by atoms with Crippen molar-refractivity contribution in [2.45, 2.75) is 39.3 Å². The van der Waals surface area contributed by atoms with Crippen molar-refractivity contribution in [2.24, 2.45) is 5.92 Å². The van der Waals surface area contributed by atoms with Crippen LogP contribution in [0.3, 0.4) is 0 Å². The van der Waals surface area contributed by atoms with Crippen LogP contribution in [-0.2, 0) is 11.3 Å². The molecule has 1 aromatic carbocycles. The molecule has 0 saturated carbocycles. The van der Waals surface area contributed by atoms with Crippen molar-refractivity contribution in [1.82, 2.24) is 4.90 Å². The molecule has 2 heterocycles. The van der Waals surface area contributed by atoms with Crippen LogP contribution in [0.5, 0.6) is 0 Å². The fourth-order valence-corrected chi connectivity index (χ4v) is 4.18. The molecule has 1 aliphatic rings. The lowest BCUT2D eigenvalue weighted by Gasteiger charge is -2.36. The van der Waals surface area contributed by atoms with E-state index in [4.69, 9.17) is 0 Å². The number of carbonyl (C=O) groups is 1. The fraction of sp³-hybridized carbons (Fsp3) is 0.421. The maximum Gasteiger partial charge on any atom is 0.307 e. The second-order valence-electron chi connectivity index (χ2n) is 6.52. The Morgan fingerprint density at radius 3 is 2.65 bits per heavy atom. The van der Waals surface area contributed by atoms with Crippen LogP contribution in [0.25, 0.3) is 10.4 Å². The van der Waals surface area contributed by atoms with E-state index >= 15 is 0 Å². The number of carboxylic acids is 1. The van der Waals surface area contributed by atoms with E-state index in [2.05, 4.69) is 55.1 Å². The molecule has 1 aliphatic heterocycles. The maximum atomic E-state index is 11.3. The van der Waals surface area contributed by atoms with Gasteiger partial charge in [-0.3, -0.25) is 9.69 Å². The number of likely N-dealkylation sites (tertiary alicyclic amines) is 1. The van der Waals surface area contributed by atoms with Crippen LogP contribution < -0.4 is 0 Å². The van der Waals surface area contributed by atoms with Gasteiger partial charge in [0.2, 0.25) is 0 Å². The number of piperidine rings is 1. The van der Waals surface area contributed by atoms with Gasteiger partial charge in [-0.05, 0) is 44.4 Å². The Morgan fingerprint density at radius 1 is 1.22 bits per heavy atom. The van der Waals surface area contributed by atoms with Crippen molar-refractivity contribution < 1.29 is 9.90 Å². The summed E-state index contributed by atoms with van der Waals surface area (Å²) in [6, 6.07) is 13.4. The fourth-order valence-electron chi connectivity index (χ4n) is 3.14. The van der Waals surface area contributed by atoms with Gasteiger partial charge in [-0.1, -0.05) is 29.8 Å². The SMILES string of the molecule is Cc1ccc(-c2ccc(CN3CC(C(=O)O)CCC3C)s2)cc1. The number of hydrogen-bond acceptors (Lipinski definition) is 3. The van der Waals surface area contributed by atoms with Gasteiger partial charge >= 0.3 is 5.97 Å². The molecule has 23 heavy (non-hydrogen) atoms. The monoisotopic (exact) mass is 329 g/mol. The number of aryl methyl sites for hydroxylation is 1. The number of benzene rings is 1. The minimum Gasteiger partial charge on any atom is -0.481 e. The second kappa shape index (κ2) is 6.85. The van der Waals surface area contributed by atoms with Crippen molar-refractivity contribution in [3.05, 3.63) is 46.8 Å². The van der Waals surface area contributed by atoms with E-state index in [1.165, 1.54) is 20.9 Å². The van der Waals surface area contributed by atoms with Crippen LogP contribution in [0.4, 0.5) is 0 Å². The second-order valence-corrected chi connectivity index (χ2v) is 7.69. The topological polar surface area (TPSA) is 40.5 Å². The third kappa shape index (κ3) is 3.82. The van der Waals surface area contributed by atoms with Crippen LogP contribution in [0.15, 0.2) is 36.4 Å². The quantitative estimate of drug-likeness (QED) is 0.903. The Balaban J connectivity index is 1.70. The summed E-state index contributed by atoms with van der Waals surface area (Å²) in [6.45, 7) is 5.81. The Kier molecular flexibility index (Phi) is 4.83. The van der Waals surface area contributed by atoms with Crippen molar-refractivity contribution in [2.75, 3.05) is 6.54 Å². The van der Waals surface area contributed by atoms with Crippen LogP contribution in [0.2, 0.25) is 0 Å². The molecule has 0 spiro atoms. The van der Waals surface area contributed by atoms with Gasteiger partial charge in [-0.2, -0.15) is 0 Å². The molecule has 0 radical (unpaired) electrons. The molecular formula is C19H23NO2S. The zero-order valence-electron chi connectivity index (χ0n) is 13.7. The van der Waals surface area contributed by atoms with Gasteiger partial charge < -0.3 is 5.11 Å². The van der Waals surface area contributed by atoms with Crippen LogP contribution in [-0.4, -0.2) is 28.6 Å². The molecule has 122 valence electrons. The Hall–Kier alpha value is -1.65. The smallest absolute Gasteiger partial charge is 0.307 e. The van der Waals surface area contributed by atoms with Gasteiger partial charge in [-0.25, -0.2) is 0 Å². The molecule has 0 aliphatic carbocycles. The third-order valence-corrected chi connectivity index (χ3v) is 5.84. The molecule has 1 fully saturated rings. The summed E-state index contributed by atoms with van der Waals surface area (Å²) in [4.78, 5) is 16.1. The predicted octanol–water partition coefficient (Wildman–Crippen LogP) is 4.41. The van der Waals surface area contributed by atoms with E-state index in [-0.39, 0.29) is 5.92 Å². The van der Waals surface area contributed by atoms with E-state index in [1.807, 2.05) is 11.3 Å². The first kappa shape index (κ1) is 16.2. The minimum absolute atomic E-state index is 0.220. The van der Waals surface area contributed by atoms with E-state index in [0.29, 0.717) is 12.6 Å². The molecule has 2 unspecified atom stereocenters. The lowest BCUT2D eigenvalue weighted by Crippen LogP contribution is -2.43. The molecule has 1 saturated heterocycles. The summed E-state index contributed by atoms with van der Waals surface area (Å²) < 4.78 is 0. The molecule has 0 bridgehead atoms. The normalized spacial score (nSPS) is 22.2. The lowest BCUT2D eigenvalue weighted by molar-refractivity contribution is -0.144. The summed E-state index contributed by atoms with van der Waals surface area (Å²) in [5.74, 6) is -0.879. The summed E-state index contributed by atoms with van der Waals surface area (Å²) in [5.41, 5.74) is 2.52. The molecular weight excluding hydrogens is 306 g/mol. The summed E-state index contributed by atoms with van der Waals surface area (Å²) in [5, 5.41) is 9.26. The van der Waals surface area contributed by atoms with Crippen molar-refractivity contribution in [1.29, 1.82) is 0 Å². The summed E-state index contributed by atoms with van der Waals surface area (Å²) in [7, 11) is 0.